The number of aliphatic hydroxyl groups is 1. The van der Waals surface area contributed by atoms with Gasteiger partial charge in [-0.2, -0.15) is 0 Å². The van der Waals surface area contributed by atoms with Crippen molar-refractivity contribution < 1.29 is 14.6 Å². The predicted octanol–water partition coefficient (Wildman–Crippen LogP) is 4.33. The fourth-order valence-electron chi connectivity index (χ4n) is 4.12. The number of amides is 1. The van der Waals surface area contributed by atoms with Crippen LogP contribution in [0.2, 0.25) is 0 Å². The van der Waals surface area contributed by atoms with Gasteiger partial charge in [0.05, 0.1) is 17.3 Å². The smallest absolute Gasteiger partial charge is 0.221 e. The first-order chi connectivity index (χ1) is 15.4. The molecule has 0 spiro atoms. The van der Waals surface area contributed by atoms with Crippen molar-refractivity contribution >= 4 is 22.5 Å². The number of aromatic nitrogens is 1. The number of rotatable bonds is 6. The third kappa shape index (κ3) is 5.44. The van der Waals surface area contributed by atoms with E-state index >= 15 is 0 Å². The van der Waals surface area contributed by atoms with Crippen LogP contribution in [0.1, 0.15) is 44.4 Å². The van der Waals surface area contributed by atoms with E-state index in [1.165, 1.54) is 12.5 Å². The first-order valence-corrected chi connectivity index (χ1v) is 11.2. The van der Waals surface area contributed by atoms with Crippen LogP contribution in [0.25, 0.3) is 10.9 Å². The van der Waals surface area contributed by atoms with Crippen molar-refractivity contribution in [2.45, 2.75) is 51.9 Å². The van der Waals surface area contributed by atoms with Gasteiger partial charge in [-0.25, -0.2) is 0 Å². The maximum absolute atomic E-state index is 11.3. The number of piperidine rings is 1. The van der Waals surface area contributed by atoms with Crippen molar-refractivity contribution in [1.29, 1.82) is 0 Å². The summed E-state index contributed by atoms with van der Waals surface area (Å²) in [6.45, 7) is 7.96. The molecule has 168 valence electrons. The summed E-state index contributed by atoms with van der Waals surface area (Å²) in [5.74, 6) is 1.15. The van der Waals surface area contributed by atoms with E-state index in [4.69, 9.17) is 9.72 Å². The Labute approximate surface area is 189 Å². The molecule has 4 rings (SSSR count). The highest BCUT2D eigenvalue weighted by molar-refractivity contribution is 5.92. The Kier molecular flexibility index (Phi) is 6.72. The van der Waals surface area contributed by atoms with Gasteiger partial charge in [0.25, 0.3) is 0 Å². The summed E-state index contributed by atoms with van der Waals surface area (Å²) in [5, 5.41) is 14.3. The number of pyridine rings is 1. The van der Waals surface area contributed by atoms with E-state index in [-0.39, 0.29) is 12.0 Å². The summed E-state index contributed by atoms with van der Waals surface area (Å²) < 4.78 is 6.19. The normalized spacial score (nSPS) is 19.3. The predicted molar refractivity (Wildman–Crippen MR) is 127 cm³/mol. The molecule has 0 saturated carbocycles. The van der Waals surface area contributed by atoms with Crippen molar-refractivity contribution in [3.63, 3.8) is 0 Å². The average molecular weight is 434 g/mol. The first kappa shape index (κ1) is 22.2. The lowest BCUT2D eigenvalue weighted by Crippen LogP contribution is -2.49. The lowest BCUT2D eigenvalue weighted by atomic mass is 10.0. The van der Waals surface area contributed by atoms with Crippen LogP contribution in [-0.4, -0.2) is 46.2 Å². The summed E-state index contributed by atoms with van der Waals surface area (Å²) in [7, 11) is 0. The fraction of sp³-hybridized carbons (Fsp3) is 0.385. The van der Waals surface area contributed by atoms with Crippen LogP contribution in [0.5, 0.6) is 5.75 Å². The number of carbonyl (C=O) groups excluding carboxylic acids is 1. The Morgan fingerprint density at radius 1 is 1.22 bits per heavy atom. The Morgan fingerprint density at radius 2 is 2.06 bits per heavy atom. The van der Waals surface area contributed by atoms with Gasteiger partial charge in [0.2, 0.25) is 5.91 Å². The topological polar surface area (TPSA) is 74.7 Å². The molecule has 1 aliphatic heterocycles. The monoisotopic (exact) mass is 433 g/mol. The van der Waals surface area contributed by atoms with Crippen molar-refractivity contribution in [2.75, 3.05) is 18.4 Å². The molecule has 1 aliphatic rings. The Hall–Kier alpha value is -2.96. The van der Waals surface area contributed by atoms with Gasteiger partial charge in [-0.15, -0.1) is 0 Å². The number of ether oxygens (including phenoxy) is 1. The van der Waals surface area contributed by atoms with E-state index in [0.717, 1.165) is 34.6 Å². The highest BCUT2D eigenvalue weighted by atomic mass is 16.5. The number of carbonyl (C=O) groups is 1. The van der Waals surface area contributed by atoms with Gasteiger partial charge in [-0.1, -0.05) is 32.0 Å². The number of aliphatic hydroxyl groups excluding tert-OH is 1. The van der Waals surface area contributed by atoms with Crippen molar-refractivity contribution in [2.24, 2.45) is 0 Å². The summed E-state index contributed by atoms with van der Waals surface area (Å²) in [5.41, 5.74) is 3.87. The third-order valence-corrected chi connectivity index (χ3v) is 5.87. The maximum Gasteiger partial charge on any atom is 0.221 e. The van der Waals surface area contributed by atoms with Gasteiger partial charge in [0.15, 0.2) is 0 Å². The van der Waals surface area contributed by atoms with E-state index in [1.54, 1.807) is 0 Å². The summed E-state index contributed by atoms with van der Waals surface area (Å²) in [6.07, 6.45) is -0.0834. The van der Waals surface area contributed by atoms with Crippen LogP contribution in [0, 0.1) is 0 Å². The minimum atomic E-state index is -0.481. The molecule has 0 bridgehead atoms. The molecule has 6 nitrogen and oxygen atoms in total. The van der Waals surface area contributed by atoms with Crippen LogP contribution in [0.4, 0.5) is 5.69 Å². The zero-order valence-electron chi connectivity index (χ0n) is 18.9. The molecule has 32 heavy (non-hydrogen) atoms. The molecule has 2 atom stereocenters. The van der Waals surface area contributed by atoms with Crippen LogP contribution >= 0.6 is 0 Å². The lowest BCUT2D eigenvalue weighted by Gasteiger charge is -2.36. The molecular weight excluding hydrogens is 402 g/mol. The second-order valence-electron chi connectivity index (χ2n) is 8.87. The number of anilines is 1. The second kappa shape index (κ2) is 9.67. The van der Waals surface area contributed by atoms with Crippen LogP contribution < -0.4 is 10.1 Å². The molecule has 1 aromatic heterocycles. The van der Waals surface area contributed by atoms with Crippen molar-refractivity contribution in [3.8, 4) is 5.75 Å². The molecule has 2 aromatic carbocycles. The molecule has 0 aliphatic carbocycles. The zero-order valence-corrected chi connectivity index (χ0v) is 18.9. The zero-order chi connectivity index (χ0) is 22.7. The minimum absolute atomic E-state index is 0.0890. The number of hydrogen-bond acceptors (Lipinski definition) is 5. The molecule has 1 amide bonds. The Morgan fingerprint density at radius 3 is 2.84 bits per heavy atom. The third-order valence-electron chi connectivity index (χ3n) is 5.87. The SMILES string of the molecule is CC(=O)Nc1ccc2nc(CN3CC[C@@H](O)[C@H](Oc4cccc(C(C)C)c4)C3)ccc2c1. The van der Waals surface area contributed by atoms with Crippen molar-refractivity contribution in [1.82, 2.24) is 9.88 Å². The number of fused-ring (bicyclic) bond motifs is 1. The van der Waals surface area contributed by atoms with Crippen molar-refractivity contribution in [3.05, 3.63) is 65.9 Å². The van der Waals surface area contributed by atoms with Gasteiger partial charge >= 0.3 is 0 Å². The van der Waals surface area contributed by atoms with E-state index in [2.05, 4.69) is 36.2 Å². The van der Waals surface area contributed by atoms with Gasteiger partial charge in [-0.3, -0.25) is 14.7 Å². The van der Waals surface area contributed by atoms with E-state index in [9.17, 15) is 9.90 Å². The average Bonchev–Trinajstić information content (AvgIpc) is 2.76. The fourth-order valence-corrected chi connectivity index (χ4v) is 4.12. The van der Waals surface area contributed by atoms with E-state index in [1.807, 2.05) is 42.5 Å². The summed E-state index contributed by atoms with van der Waals surface area (Å²) in [4.78, 5) is 18.3. The summed E-state index contributed by atoms with van der Waals surface area (Å²) >= 11 is 0. The van der Waals surface area contributed by atoms with Gasteiger partial charge in [0.1, 0.15) is 11.9 Å². The summed E-state index contributed by atoms with van der Waals surface area (Å²) in [6, 6.07) is 17.9. The van der Waals surface area contributed by atoms with Gasteiger partial charge in [-0.05, 0) is 54.3 Å². The van der Waals surface area contributed by atoms with Crippen LogP contribution in [0.3, 0.4) is 0 Å². The highest BCUT2D eigenvalue weighted by Gasteiger charge is 2.29. The number of hydrogen-bond donors (Lipinski definition) is 2. The highest BCUT2D eigenvalue weighted by Crippen LogP contribution is 2.25. The number of benzene rings is 2. The molecule has 2 heterocycles. The molecular formula is C26H31N3O3. The Balaban J connectivity index is 1.43. The second-order valence-corrected chi connectivity index (χ2v) is 8.87. The lowest BCUT2D eigenvalue weighted by molar-refractivity contribution is -0.114. The molecule has 0 unspecified atom stereocenters. The molecule has 2 N–H and O–H groups in total. The minimum Gasteiger partial charge on any atom is -0.486 e. The van der Waals surface area contributed by atoms with Crippen LogP contribution in [-0.2, 0) is 11.3 Å². The van der Waals surface area contributed by atoms with Crippen LogP contribution in [0.15, 0.2) is 54.6 Å². The molecule has 6 heteroatoms. The molecule has 3 aromatic rings. The van der Waals surface area contributed by atoms with Gasteiger partial charge in [0, 0.05) is 37.6 Å². The first-order valence-electron chi connectivity index (χ1n) is 11.2. The standard InChI is InChI=1S/C26H31N3O3/c1-17(2)19-5-4-6-23(14-19)32-26-16-29(12-11-25(26)31)15-22-8-7-20-13-21(27-18(3)30)9-10-24(20)28-22/h4-10,13-14,17,25-26,31H,11-12,15-16H2,1-3H3,(H,27,30)/t25-,26-/m1/s1. The van der Waals surface area contributed by atoms with Gasteiger partial charge < -0.3 is 15.2 Å². The number of nitrogens with one attached hydrogen (secondary N) is 1. The molecule has 1 saturated heterocycles. The number of nitrogens with zero attached hydrogens (tertiary/aromatic N) is 2. The molecule has 1 fully saturated rings. The number of likely N-dealkylation sites (tertiary alicyclic amines) is 1. The Bertz CT molecular complexity index is 1100. The maximum atomic E-state index is 11.3. The molecule has 0 radical (unpaired) electrons. The van der Waals surface area contributed by atoms with E-state index < -0.39 is 6.10 Å². The largest absolute Gasteiger partial charge is 0.486 e. The quantitative estimate of drug-likeness (QED) is 0.605. The van der Waals surface area contributed by atoms with E-state index in [0.29, 0.717) is 25.4 Å².